The number of benzene rings is 3. The van der Waals surface area contributed by atoms with E-state index in [1.807, 2.05) is 6.07 Å². The van der Waals surface area contributed by atoms with Crippen LogP contribution < -0.4 is 15.0 Å². The summed E-state index contributed by atoms with van der Waals surface area (Å²) in [6, 6.07) is 18.7. The Morgan fingerprint density at radius 2 is 1.74 bits per heavy atom. The number of nitrogens with zero attached hydrogens (tertiary/aromatic N) is 2. The Bertz CT molecular complexity index is 1490. The van der Waals surface area contributed by atoms with Crippen LogP contribution in [-0.4, -0.2) is 24.6 Å². The van der Waals surface area contributed by atoms with E-state index in [1.165, 1.54) is 16.7 Å². The molecule has 4 rings (SSSR count). The van der Waals surface area contributed by atoms with Crippen LogP contribution >= 0.6 is 0 Å². The molecule has 1 heterocycles. The molecule has 176 valence electrons. The summed E-state index contributed by atoms with van der Waals surface area (Å²) in [6.07, 6.45) is 1.97. The van der Waals surface area contributed by atoms with Crippen LogP contribution in [0.5, 0.6) is 5.75 Å². The Kier molecular flexibility index (Phi) is 6.70. The van der Waals surface area contributed by atoms with Crippen LogP contribution in [0.2, 0.25) is 0 Å². The van der Waals surface area contributed by atoms with Crippen LogP contribution in [0.1, 0.15) is 31.2 Å². The number of hydrogen-bond acceptors (Lipinski definition) is 5. The van der Waals surface area contributed by atoms with E-state index < -0.39 is 10.0 Å². The fourth-order valence-electron chi connectivity index (χ4n) is 3.70. The lowest BCUT2D eigenvalue weighted by Gasteiger charge is -2.15. The van der Waals surface area contributed by atoms with Gasteiger partial charge in [0.1, 0.15) is 11.6 Å². The monoisotopic (exact) mass is 477 g/mol. The quantitative estimate of drug-likeness (QED) is 0.361. The second-order valence-corrected chi connectivity index (χ2v) is 9.78. The molecule has 0 aliphatic rings. The number of aromatic nitrogens is 2. The first-order valence-corrected chi connectivity index (χ1v) is 12.6. The molecule has 0 amide bonds. The van der Waals surface area contributed by atoms with Gasteiger partial charge in [-0.15, -0.1) is 0 Å². The Morgan fingerprint density at radius 1 is 1.00 bits per heavy atom. The minimum Gasteiger partial charge on any atom is -0.494 e. The molecule has 8 heteroatoms. The number of sulfonamides is 1. The predicted octanol–water partition coefficient (Wildman–Crippen LogP) is 4.98. The minimum absolute atomic E-state index is 0.143. The number of unbranched alkanes of at least 4 members (excludes halogenated alkanes) is 1. The summed E-state index contributed by atoms with van der Waals surface area (Å²) in [5.41, 5.74) is 2.21. The van der Waals surface area contributed by atoms with Gasteiger partial charge in [-0.3, -0.25) is 14.1 Å². The smallest absolute Gasteiger partial charge is 0.265 e. The number of fused-ring (bicyclic) bond motifs is 1. The van der Waals surface area contributed by atoms with E-state index >= 15 is 0 Å². The van der Waals surface area contributed by atoms with Gasteiger partial charge in [0.05, 0.1) is 33.8 Å². The molecule has 7 nitrogen and oxygen atoms in total. The molecule has 1 aromatic heterocycles. The molecule has 0 aliphatic carbocycles. The predicted molar refractivity (Wildman–Crippen MR) is 134 cm³/mol. The lowest BCUT2D eigenvalue weighted by Crippen LogP contribution is -2.22. The lowest BCUT2D eigenvalue weighted by atomic mass is 10.1. The van der Waals surface area contributed by atoms with Gasteiger partial charge < -0.3 is 4.74 Å². The van der Waals surface area contributed by atoms with Crippen molar-refractivity contribution in [2.75, 3.05) is 11.3 Å². The Morgan fingerprint density at radius 3 is 2.44 bits per heavy atom. The maximum atomic E-state index is 13.1. The van der Waals surface area contributed by atoms with Gasteiger partial charge in [-0.2, -0.15) is 0 Å². The number of hydrogen-bond donors (Lipinski definition) is 1. The summed E-state index contributed by atoms with van der Waals surface area (Å²) < 4.78 is 35.6. The van der Waals surface area contributed by atoms with Crippen LogP contribution in [-0.2, 0) is 10.0 Å². The summed E-state index contributed by atoms with van der Waals surface area (Å²) >= 11 is 0. The zero-order valence-corrected chi connectivity index (χ0v) is 20.2. The van der Waals surface area contributed by atoms with Gasteiger partial charge in [-0.1, -0.05) is 25.5 Å². The van der Waals surface area contributed by atoms with Crippen LogP contribution in [0.25, 0.3) is 16.6 Å². The van der Waals surface area contributed by atoms with Crippen LogP contribution in [0, 0.1) is 13.8 Å². The topological polar surface area (TPSA) is 90.3 Å². The fourth-order valence-corrected chi connectivity index (χ4v) is 4.83. The highest BCUT2D eigenvalue weighted by Gasteiger charge is 2.17. The number of anilines is 1. The molecule has 0 spiro atoms. The van der Waals surface area contributed by atoms with E-state index in [1.54, 1.807) is 62.4 Å². The molecular formula is C26H27N3O4S. The van der Waals surface area contributed by atoms with Gasteiger partial charge in [0.15, 0.2) is 0 Å². The average molecular weight is 478 g/mol. The first-order valence-electron chi connectivity index (χ1n) is 11.2. The first-order chi connectivity index (χ1) is 16.3. The van der Waals surface area contributed by atoms with Crippen LogP contribution in [0.3, 0.4) is 0 Å². The fraction of sp³-hybridized carbons (Fsp3) is 0.231. The molecule has 1 N–H and O–H groups in total. The molecule has 0 aliphatic heterocycles. The molecule has 0 bridgehead atoms. The van der Waals surface area contributed by atoms with Crippen molar-refractivity contribution in [1.29, 1.82) is 0 Å². The van der Waals surface area contributed by atoms with E-state index in [-0.39, 0.29) is 10.5 Å². The molecule has 34 heavy (non-hydrogen) atoms. The summed E-state index contributed by atoms with van der Waals surface area (Å²) in [4.78, 5) is 17.8. The highest BCUT2D eigenvalue weighted by molar-refractivity contribution is 7.92. The Balaban J connectivity index is 1.60. The first kappa shape index (κ1) is 23.5. The van der Waals surface area contributed by atoms with Crippen molar-refractivity contribution < 1.29 is 13.2 Å². The van der Waals surface area contributed by atoms with E-state index in [9.17, 15) is 13.2 Å². The summed E-state index contributed by atoms with van der Waals surface area (Å²) in [6.45, 7) is 6.25. The van der Waals surface area contributed by atoms with Crippen molar-refractivity contribution in [3.8, 4) is 11.4 Å². The third-order valence-electron chi connectivity index (χ3n) is 5.56. The van der Waals surface area contributed by atoms with Gasteiger partial charge in [-0.05, 0) is 80.4 Å². The highest BCUT2D eigenvalue weighted by atomic mass is 32.2. The lowest BCUT2D eigenvalue weighted by molar-refractivity contribution is 0.309. The van der Waals surface area contributed by atoms with E-state index in [0.717, 1.165) is 12.8 Å². The second-order valence-electron chi connectivity index (χ2n) is 8.09. The van der Waals surface area contributed by atoms with Gasteiger partial charge in [-0.25, -0.2) is 13.4 Å². The molecule has 0 atom stereocenters. The van der Waals surface area contributed by atoms with Crippen LogP contribution in [0.4, 0.5) is 5.69 Å². The number of aryl methyl sites for hydroxylation is 2. The van der Waals surface area contributed by atoms with Gasteiger partial charge in [0.25, 0.3) is 15.6 Å². The van der Waals surface area contributed by atoms with Crippen molar-refractivity contribution in [3.05, 3.63) is 88.5 Å². The van der Waals surface area contributed by atoms with E-state index in [4.69, 9.17) is 4.74 Å². The maximum Gasteiger partial charge on any atom is 0.265 e. The minimum atomic E-state index is -3.79. The Labute approximate surface area is 199 Å². The number of para-hydroxylation sites is 1. The SMILES string of the molecule is CCCCOc1ccc(S(=O)(=O)Nc2ccc(-n3c(C)nc4ccccc4c3=O)cc2C)cc1. The molecule has 0 fully saturated rings. The molecule has 0 saturated carbocycles. The van der Waals surface area contributed by atoms with Crippen molar-refractivity contribution in [1.82, 2.24) is 9.55 Å². The maximum absolute atomic E-state index is 13.1. The molecule has 4 aromatic rings. The standard InChI is InChI=1S/C26H27N3O4S/c1-4-5-16-33-21-11-13-22(14-12-21)34(31,32)28-24-15-10-20(17-18(24)2)29-19(3)27-25-9-7-6-8-23(25)26(29)30/h6-15,17,28H,4-5,16H2,1-3H3. The normalized spacial score (nSPS) is 11.5. The van der Waals surface area contributed by atoms with Gasteiger partial charge in [0, 0.05) is 0 Å². The molecule has 0 saturated heterocycles. The molecular weight excluding hydrogens is 450 g/mol. The third-order valence-corrected chi connectivity index (χ3v) is 6.94. The summed E-state index contributed by atoms with van der Waals surface area (Å²) in [5, 5.41) is 0.526. The number of rotatable bonds is 8. The molecule has 0 radical (unpaired) electrons. The molecule has 3 aromatic carbocycles. The van der Waals surface area contributed by atoms with Crippen molar-refractivity contribution in [2.45, 2.75) is 38.5 Å². The van der Waals surface area contributed by atoms with Crippen molar-refractivity contribution in [3.63, 3.8) is 0 Å². The van der Waals surface area contributed by atoms with Crippen molar-refractivity contribution in [2.24, 2.45) is 0 Å². The third kappa shape index (κ3) is 4.82. The zero-order chi connectivity index (χ0) is 24.3. The Hall–Kier alpha value is -3.65. The highest BCUT2D eigenvalue weighted by Crippen LogP contribution is 2.24. The average Bonchev–Trinajstić information content (AvgIpc) is 2.81. The van der Waals surface area contributed by atoms with Gasteiger partial charge >= 0.3 is 0 Å². The van der Waals surface area contributed by atoms with Crippen LogP contribution in [0.15, 0.2) is 76.4 Å². The number of ether oxygens (including phenoxy) is 1. The van der Waals surface area contributed by atoms with Crippen molar-refractivity contribution >= 4 is 26.6 Å². The molecule has 0 unspecified atom stereocenters. The zero-order valence-electron chi connectivity index (χ0n) is 19.4. The summed E-state index contributed by atoms with van der Waals surface area (Å²) in [5.74, 6) is 1.19. The summed E-state index contributed by atoms with van der Waals surface area (Å²) in [7, 11) is -3.79. The second kappa shape index (κ2) is 9.69. The van der Waals surface area contributed by atoms with E-state index in [2.05, 4.69) is 16.6 Å². The van der Waals surface area contributed by atoms with E-state index in [0.29, 0.717) is 46.0 Å². The van der Waals surface area contributed by atoms with Gasteiger partial charge in [0.2, 0.25) is 0 Å². The number of nitrogens with one attached hydrogen (secondary N) is 1. The largest absolute Gasteiger partial charge is 0.494 e.